The predicted molar refractivity (Wildman–Crippen MR) is 145 cm³/mol. The zero-order valence-electron chi connectivity index (χ0n) is 20.3. The molecule has 0 radical (unpaired) electrons. The minimum Gasteiger partial charge on any atom is -0.455 e. The smallest absolute Gasteiger partial charge is 0.251 e. The van der Waals surface area contributed by atoms with Crippen LogP contribution in [-0.2, 0) is 6.54 Å². The zero-order valence-corrected chi connectivity index (χ0v) is 20.3. The summed E-state index contributed by atoms with van der Waals surface area (Å²) >= 11 is 0. The normalized spacial score (nSPS) is 11.8. The summed E-state index contributed by atoms with van der Waals surface area (Å²) in [5.41, 5.74) is 14.4. The summed E-state index contributed by atoms with van der Waals surface area (Å²) in [5.74, 6) is 0.327. The lowest BCUT2D eigenvalue weighted by Gasteiger charge is -2.11. The molecule has 180 valence electrons. The molecule has 0 aliphatic rings. The highest BCUT2D eigenvalue weighted by Crippen LogP contribution is 2.42. The number of rotatable bonds is 4. The third-order valence-corrected chi connectivity index (χ3v) is 7.16. The summed E-state index contributed by atoms with van der Waals surface area (Å²) < 4.78 is 11.7. The zero-order chi connectivity index (χ0) is 25.3. The quantitative estimate of drug-likeness (QED) is 0.275. The van der Waals surface area contributed by atoms with Gasteiger partial charge in [-0.3, -0.25) is 4.79 Å². The van der Waals surface area contributed by atoms with Crippen molar-refractivity contribution in [1.82, 2.24) is 15.3 Å². The first kappa shape index (κ1) is 21.4. The molecule has 0 aliphatic carbocycles. The molecule has 7 heteroatoms. The van der Waals surface area contributed by atoms with Gasteiger partial charge in [0.05, 0.1) is 0 Å². The highest BCUT2D eigenvalue weighted by atomic mass is 16.3. The third-order valence-electron chi connectivity index (χ3n) is 7.16. The summed E-state index contributed by atoms with van der Waals surface area (Å²) in [6, 6.07) is 19.7. The second kappa shape index (κ2) is 7.80. The fourth-order valence-corrected chi connectivity index (χ4v) is 5.33. The molecule has 2 bridgehead atoms. The van der Waals surface area contributed by atoms with E-state index in [-0.39, 0.29) is 5.91 Å². The van der Waals surface area contributed by atoms with Crippen LogP contribution >= 0.6 is 0 Å². The number of aromatic nitrogens is 2. The number of nitrogen functional groups attached to an aromatic ring is 1. The highest BCUT2D eigenvalue weighted by Gasteiger charge is 2.20. The molecule has 7 rings (SSSR count). The summed E-state index contributed by atoms with van der Waals surface area (Å²) in [6.07, 6.45) is 1.46. The van der Waals surface area contributed by atoms with Crippen LogP contribution in [0.25, 0.3) is 54.9 Å². The first-order valence-electron chi connectivity index (χ1n) is 12.0. The van der Waals surface area contributed by atoms with E-state index in [4.69, 9.17) is 14.6 Å². The summed E-state index contributed by atoms with van der Waals surface area (Å²) in [4.78, 5) is 21.8. The lowest BCUT2D eigenvalue weighted by molar-refractivity contribution is 0.0951. The number of fused-ring (bicyclic) bond motifs is 9. The number of furan rings is 2. The van der Waals surface area contributed by atoms with Gasteiger partial charge in [-0.1, -0.05) is 18.2 Å². The largest absolute Gasteiger partial charge is 0.455 e. The van der Waals surface area contributed by atoms with Gasteiger partial charge in [-0.25, -0.2) is 9.97 Å². The maximum Gasteiger partial charge on any atom is 0.251 e. The van der Waals surface area contributed by atoms with Crippen LogP contribution in [0, 0.1) is 13.8 Å². The number of carbonyl (C=O) groups is 1. The average Bonchev–Trinajstić information content (AvgIpc) is 3.61. The molecule has 7 nitrogen and oxygen atoms in total. The van der Waals surface area contributed by atoms with Crippen molar-refractivity contribution in [1.29, 1.82) is 0 Å². The molecular weight excluding hydrogens is 464 g/mol. The Morgan fingerprint density at radius 2 is 1.73 bits per heavy atom. The van der Waals surface area contributed by atoms with Gasteiger partial charge in [-0.2, -0.15) is 0 Å². The first-order valence-corrected chi connectivity index (χ1v) is 12.0. The number of benzene rings is 4. The molecule has 0 fully saturated rings. The predicted octanol–water partition coefficient (Wildman–Crippen LogP) is 6.51. The number of aryl methyl sites for hydroxylation is 2. The monoisotopic (exact) mass is 486 g/mol. The number of hydrogen-bond acceptors (Lipinski definition) is 6. The molecule has 7 aromatic rings. The molecule has 3 aromatic carbocycles. The van der Waals surface area contributed by atoms with Crippen molar-refractivity contribution in [2.45, 2.75) is 20.4 Å². The Balaban J connectivity index is 1.26. The average molecular weight is 487 g/mol. The summed E-state index contributed by atoms with van der Waals surface area (Å²) in [7, 11) is 0. The van der Waals surface area contributed by atoms with E-state index in [1.54, 1.807) is 0 Å². The Morgan fingerprint density at radius 1 is 0.946 bits per heavy atom. The van der Waals surface area contributed by atoms with E-state index < -0.39 is 0 Å². The molecule has 0 saturated carbocycles. The van der Waals surface area contributed by atoms with Gasteiger partial charge in [-0.15, -0.1) is 0 Å². The van der Waals surface area contributed by atoms with Gasteiger partial charge in [-0.05, 0) is 73.0 Å². The fraction of sp³-hybridized carbons (Fsp3) is 0.100. The molecule has 0 spiro atoms. The fourth-order valence-electron chi connectivity index (χ4n) is 5.33. The number of anilines is 1. The van der Waals surface area contributed by atoms with Crippen molar-refractivity contribution in [3.63, 3.8) is 0 Å². The SMILES string of the molecule is Cc1cc(N)nc(C)c1CNC(=O)c1ccc2c(c1)c1oc2c2ccc(-c3cccc4ocnc34)cc21. The number of hydrogen-bond donors (Lipinski definition) is 2. The van der Waals surface area contributed by atoms with Crippen LogP contribution in [0.5, 0.6) is 0 Å². The van der Waals surface area contributed by atoms with Crippen LogP contribution in [0.3, 0.4) is 0 Å². The number of pyridine rings is 1. The molecular formula is C30H22N4O3. The van der Waals surface area contributed by atoms with E-state index in [2.05, 4.69) is 33.5 Å². The standard InChI is InChI=1S/C30H22N4O3/c1-15-10-26(31)34-16(2)24(15)13-32-30(35)18-7-9-21-23(12-18)29-22-11-17(6-8-20(22)28(21)37-29)19-4-3-5-25-27(19)33-14-36-25/h3-12,14H,13H2,1-2H3,(H2,31,34)(H,32,35). The lowest BCUT2D eigenvalue weighted by Crippen LogP contribution is -2.24. The number of para-hydroxylation sites is 1. The van der Waals surface area contributed by atoms with Crippen molar-refractivity contribution < 1.29 is 13.6 Å². The Bertz CT molecular complexity index is 1980. The molecule has 0 saturated heterocycles. The maximum atomic E-state index is 13.1. The van der Waals surface area contributed by atoms with Crippen molar-refractivity contribution >= 4 is 55.5 Å². The van der Waals surface area contributed by atoms with E-state index >= 15 is 0 Å². The number of oxazole rings is 1. The van der Waals surface area contributed by atoms with Crippen molar-refractivity contribution in [3.05, 3.63) is 89.4 Å². The lowest BCUT2D eigenvalue weighted by atomic mass is 9.97. The molecule has 0 unspecified atom stereocenters. The number of carbonyl (C=O) groups excluding carboxylic acids is 1. The van der Waals surface area contributed by atoms with E-state index in [9.17, 15) is 4.79 Å². The van der Waals surface area contributed by atoms with Crippen LogP contribution in [0.1, 0.15) is 27.2 Å². The minimum atomic E-state index is -0.154. The second-order valence-corrected chi connectivity index (χ2v) is 9.40. The van der Waals surface area contributed by atoms with Gasteiger partial charge in [0.25, 0.3) is 5.91 Å². The number of nitrogens with zero attached hydrogens (tertiary/aromatic N) is 2. The van der Waals surface area contributed by atoms with Crippen LogP contribution in [0.15, 0.2) is 75.9 Å². The van der Waals surface area contributed by atoms with Crippen LogP contribution in [0.2, 0.25) is 0 Å². The van der Waals surface area contributed by atoms with Crippen molar-refractivity contribution in [3.8, 4) is 11.1 Å². The van der Waals surface area contributed by atoms with E-state index in [1.807, 2.05) is 56.3 Å². The minimum absolute atomic E-state index is 0.154. The first-order chi connectivity index (χ1) is 18.0. The van der Waals surface area contributed by atoms with Gasteiger partial charge in [0, 0.05) is 44.9 Å². The maximum absolute atomic E-state index is 13.1. The van der Waals surface area contributed by atoms with Crippen LogP contribution in [-0.4, -0.2) is 15.9 Å². The highest BCUT2D eigenvalue weighted by molar-refractivity contribution is 6.26. The summed E-state index contributed by atoms with van der Waals surface area (Å²) in [5, 5.41) is 7.01. The molecule has 37 heavy (non-hydrogen) atoms. The second-order valence-electron chi connectivity index (χ2n) is 9.40. The number of amides is 1. The molecule has 0 atom stereocenters. The van der Waals surface area contributed by atoms with Gasteiger partial charge < -0.3 is 19.9 Å². The Kier molecular flexibility index (Phi) is 4.50. The van der Waals surface area contributed by atoms with Crippen LogP contribution < -0.4 is 11.1 Å². The van der Waals surface area contributed by atoms with Gasteiger partial charge in [0.2, 0.25) is 0 Å². The Hall–Kier alpha value is -4.91. The molecule has 4 aromatic heterocycles. The Morgan fingerprint density at radius 3 is 2.57 bits per heavy atom. The van der Waals surface area contributed by atoms with Crippen molar-refractivity contribution in [2.24, 2.45) is 0 Å². The van der Waals surface area contributed by atoms with Gasteiger partial charge in [0.1, 0.15) is 22.5 Å². The Labute approximate surface area is 211 Å². The molecule has 3 N–H and O–H groups in total. The summed E-state index contributed by atoms with van der Waals surface area (Å²) in [6.45, 7) is 4.25. The van der Waals surface area contributed by atoms with Crippen molar-refractivity contribution in [2.75, 3.05) is 5.73 Å². The van der Waals surface area contributed by atoms with E-state index in [1.165, 1.54) is 6.39 Å². The molecule has 0 aliphatic heterocycles. The molecule has 1 amide bonds. The molecule has 4 heterocycles. The van der Waals surface area contributed by atoms with Crippen LogP contribution in [0.4, 0.5) is 5.82 Å². The van der Waals surface area contributed by atoms with E-state index in [0.29, 0.717) is 17.9 Å². The number of nitrogens with one attached hydrogen (secondary N) is 1. The van der Waals surface area contributed by atoms with Gasteiger partial charge in [0.15, 0.2) is 12.0 Å². The van der Waals surface area contributed by atoms with Gasteiger partial charge >= 0.3 is 0 Å². The number of nitrogens with two attached hydrogens (primary N) is 1. The third kappa shape index (κ3) is 3.24. The van der Waals surface area contributed by atoms with E-state index in [0.717, 1.165) is 71.8 Å². The topological polar surface area (TPSA) is 107 Å².